The first-order chi connectivity index (χ1) is 8.90. The molecule has 0 saturated heterocycles. The third-order valence-corrected chi connectivity index (χ3v) is 3.92. The van der Waals surface area contributed by atoms with Gasteiger partial charge in [-0.05, 0) is 37.0 Å². The van der Waals surface area contributed by atoms with Crippen LogP contribution in [-0.2, 0) is 5.41 Å². The number of hydrogen-bond acceptors (Lipinski definition) is 2. The molecule has 0 bridgehead atoms. The molecule has 0 spiro atoms. The summed E-state index contributed by atoms with van der Waals surface area (Å²) in [6, 6.07) is 9.01. The lowest BCUT2D eigenvalue weighted by Crippen LogP contribution is -2.35. The summed E-state index contributed by atoms with van der Waals surface area (Å²) in [4.78, 5) is 0. The Balaban J connectivity index is 2.65. The van der Waals surface area contributed by atoms with Crippen LogP contribution in [0.1, 0.15) is 43.9 Å². The summed E-state index contributed by atoms with van der Waals surface area (Å²) in [5, 5.41) is 12.4. The summed E-state index contributed by atoms with van der Waals surface area (Å²) in [7, 11) is 0. The van der Waals surface area contributed by atoms with Crippen LogP contribution in [0.25, 0.3) is 0 Å². The monoisotopic (exact) mass is 258 g/mol. The van der Waals surface area contributed by atoms with E-state index in [1.54, 1.807) is 0 Å². The molecule has 2 nitrogen and oxygen atoms in total. The Labute approximate surface area is 117 Å². The van der Waals surface area contributed by atoms with Gasteiger partial charge in [0.2, 0.25) is 0 Å². The van der Waals surface area contributed by atoms with Crippen molar-refractivity contribution in [2.45, 2.75) is 46.5 Å². The van der Waals surface area contributed by atoms with E-state index in [9.17, 15) is 0 Å². The Kier molecular flexibility index (Phi) is 5.57. The van der Waals surface area contributed by atoms with E-state index in [2.05, 4.69) is 64.2 Å². The van der Waals surface area contributed by atoms with E-state index in [1.807, 2.05) is 0 Å². The lowest BCUT2D eigenvalue weighted by molar-refractivity contribution is 0.444. The second-order valence-electron chi connectivity index (χ2n) is 6.05. The van der Waals surface area contributed by atoms with Gasteiger partial charge < -0.3 is 5.32 Å². The largest absolute Gasteiger partial charge is 0.315 e. The highest BCUT2D eigenvalue weighted by Gasteiger charge is 2.21. The van der Waals surface area contributed by atoms with Gasteiger partial charge in [-0.2, -0.15) is 5.26 Å². The molecular formula is C17H26N2. The molecule has 1 N–H and O–H groups in total. The maximum absolute atomic E-state index is 8.95. The van der Waals surface area contributed by atoms with Gasteiger partial charge in [-0.3, -0.25) is 0 Å². The van der Waals surface area contributed by atoms with E-state index >= 15 is 0 Å². The lowest BCUT2D eigenvalue weighted by atomic mass is 9.83. The maximum atomic E-state index is 8.95. The first-order valence-corrected chi connectivity index (χ1v) is 7.08. The zero-order valence-electron chi connectivity index (χ0n) is 12.9. The van der Waals surface area contributed by atoms with Crippen molar-refractivity contribution < 1.29 is 0 Å². The van der Waals surface area contributed by atoms with Crippen molar-refractivity contribution in [3.63, 3.8) is 0 Å². The fourth-order valence-corrected chi connectivity index (χ4v) is 2.10. The molecule has 0 aliphatic carbocycles. The van der Waals surface area contributed by atoms with Crippen LogP contribution < -0.4 is 5.32 Å². The summed E-state index contributed by atoms with van der Waals surface area (Å²) in [6.07, 6.45) is 0.910. The van der Waals surface area contributed by atoms with Crippen LogP contribution in [0.4, 0.5) is 0 Å². The quantitative estimate of drug-likeness (QED) is 0.844. The molecule has 0 saturated carbocycles. The smallest absolute Gasteiger partial charge is 0.0669 e. The minimum absolute atomic E-state index is 0.0895. The normalized spacial score (nSPS) is 13.1. The van der Waals surface area contributed by atoms with Gasteiger partial charge in [0, 0.05) is 18.5 Å². The average Bonchev–Trinajstić information content (AvgIpc) is 2.37. The molecule has 0 aromatic heterocycles. The van der Waals surface area contributed by atoms with Crippen LogP contribution >= 0.6 is 0 Å². The van der Waals surface area contributed by atoms with Crippen molar-refractivity contribution in [1.82, 2.24) is 5.32 Å². The second kappa shape index (κ2) is 6.73. The first kappa shape index (κ1) is 15.7. The van der Waals surface area contributed by atoms with E-state index in [4.69, 9.17) is 5.26 Å². The summed E-state index contributed by atoms with van der Waals surface area (Å²) in [5.41, 5.74) is 4.12. The van der Waals surface area contributed by atoms with Gasteiger partial charge in [0.25, 0.3) is 0 Å². The molecule has 0 aliphatic heterocycles. The van der Waals surface area contributed by atoms with Gasteiger partial charge >= 0.3 is 0 Å². The molecule has 2 heteroatoms. The lowest BCUT2D eigenvalue weighted by Gasteiger charge is -2.27. The Morgan fingerprint density at radius 1 is 1.26 bits per heavy atom. The van der Waals surface area contributed by atoms with Crippen LogP contribution in [0, 0.1) is 31.1 Å². The van der Waals surface area contributed by atoms with Crippen molar-refractivity contribution in [1.29, 1.82) is 5.26 Å². The summed E-state index contributed by atoms with van der Waals surface area (Å²) >= 11 is 0. The van der Waals surface area contributed by atoms with Crippen molar-refractivity contribution >= 4 is 0 Å². The zero-order chi connectivity index (χ0) is 14.5. The minimum Gasteiger partial charge on any atom is -0.315 e. The first-order valence-electron chi connectivity index (χ1n) is 7.08. The molecule has 1 rings (SSSR count). The molecular weight excluding hydrogens is 232 g/mol. The number of benzene rings is 1. The predicted molar refractivity (Wildman–Crippen MR) is 81.2 cm³/mol. The molecule has 0 heterocycles. The van der Waals surface area contributed by atoms with E-state index in [-0.39, 0.29) is 11.3 Å². The second-order valence-corrected chi connectivity index (χ2v) is 6.05. The predicted octanol–water partition coefficient (Wildman–Crippen LogP) is 3.72. The fraction of sp³-hybridized carbons (Fsp3) is 0.588. The molecule has 0 radical (unpaired) electrons. The third kappa shape index (κ3) is 4.36. The van der Waals surface area contributed by atoms with Crippen LogP contribution in [0.3, 0.4) is 0 Å². The van der Waals surface area contributed by atoms with Gasteiger partial charge in [0.1, 0.15) is 0 Å². The maximum Gasteiger partial charge on any atom is 0.0669 e. The third-order valence-electron chi connectivity index (χ3n) is 3.92. The fourth-order valence-electron chi connectivity index (χ4n) is 2.10. The summed E-state index contributed by atoms with van der Waals surface area (Å²) in [6.45, 7) is 12.5. The Morgan fingerprint density at radius 2 is 1.95 bits per heavy atom. The Morgan fingerprint density at radius 3 is 2.47 bits per heavy atom. The standard InChI is InChI=1S/C17H26N2/c1-6-15(10-18)11-19-12-17(4,5)16-8-7-13(2)14(3)9-16/h7-9,15,19H,6,11-12H2,1-5H3. The Bertz CT molecular complexity index is 455. The number of nitrogens with zero attached hydrogens (tertiary/aromatic N) is 1. The van der Waals surface area contributed by atoms with Gasteiger partial charge in [-0.1, -0.05) is 39.0 Å². The van der Waals surface area contributed by atoms with Gasteiger partial charge in [0.15, 0.2) is 0 Å². The van der Waals surface area contributed by atoms with E-state index in [1.165, 1.54) is 16.7 Å². The topological polar surface area (TPSA) is 35.8 Å². The Hall–Kier alpha value is -1.33. The molecule has 1 atom stereocenters. The van der Waals surface area contributed by atoms with Gasteiger partial charge in [0.05, 0.1) is 12.0 Å². The number of nitriles is 1. The zero-order valence-corrected chi connectivity index (χ0v) is 12.9. The number of hydrogen-bond donors (Lipinski definition) is 1. The highest BCUT2D eigenvalue weighted by molar-refractivity contribution is 5.34. The molecule has 1 aromatic carbocycles. The van der Waals surface area contributed by atoms with Crippen LogP contribution in [0.2, 0.25) is 0 Å². The van der Waals surface area contributed by atoms with Crippen molar-refractivity contribution in [3.8, 4) is 6.07 Å². The average molecular weight is 258 g/mol. The summed E-state index contributed by atoms with van der Waals surface area (Å²) < 4.78 is 0. The van der Waals surface area contributed by atoms with E-state index in [0.29, 0.717) is 0 Å². The molecule has 0 fully saturated rings. The molecule has 104 valence electrons. The number of aryl methyl sites for hydroxylation is 2. The minimum atomic E-state index is 0.0895. The SMILES string of the molecule is CCC(C#N)CNCC(C)(C)c1ccc(C)c(C)c1. The van der Waals surface area contributed by atoms with E-state index in [0.717, 1.165) is 19.5 Å². The molecule has 0 aliphatic rings. The molecule has 19 heavy (non-hydrogen) atoms. The molecule has 1 unspecified atom stereocenters. The number of rotatable bonds is 6. The van der Waals surface area contributed by atoms with Crippen LogP contribution in [0.5, 0.6) is 0 Å². The van der Waals surface area contributed by atoms with E-state index < -0.39 is 0 Å². The van der Waals surface area contributed by atoms with Gasteiger partial charge in [-0.25, -0.2) is 0 Å². The summed E-state index contributed by atoms with van der Waals surface area (Å²) in [5.74, 6) is 0.121. The number of nitrogens with one attached hydrogen (secondary N) is 1. The van der Waals surface area contributed by atoms with Gasteiger partial charge in [-0.15, -0.1) is 0 Å². The highest BCUT2D eigenvalue weighted by atomic mass is 14.9. The molecule has 1 aromatic rings. The van der Waals surface area contributed by atoms with Crippen LogP contribution in [-0.4, -0.2) is 13.1 Å². The van der Waals surface area contributed by atoms with Crippen molar-refractivity contribution in [2.24, 2.45) is 5.92 Å². The van der Waals surface area contributed by atoms with Crippen molar-refractivity contribution in [2.75, 3.05) is 13.1 Å². The molecule has 0 amide bonds. The van der Waals surface area contributed by atoms with Crippen molar-refractivity contribution in [3.05, 3.63) is 34.9 Å². The highest BCUT2D eigenvalue weighted by Crippen LogP contribution is 2.24. The van der Waals surface area contributed by atoms with Crippen LogP contribution in [0.15, 0.2) is 18.2 Å².